The minimum atomic E-state index is -0.871. The molecule has 180 valence electrons. The molecule has 3 heterocycles. The summed E-state index contributed by atoms with van der Waals surface area (Å²) in [6.07, 6.45) is 0.745. The maximum atomic E-state index is 11.1. The third kappa shape index (κ3) is 4.45. The van der Waals surface area contributed by atoms with Gasteiger partial charge in [-0.05, 0) is 36.4 Å². The normalized spacial score (nSPS) is 13.7. The number of carboxylic acid groups (broad SMARTS) is 1. The van der Waals surface area contributed by atoms with Crippen molar-refractivity contribution in [1.82, 2.24) is 29.9 Å². The first kappa shape index (κ1) is 22.2. The Morgan fingerprint density at radius 3 is 2.37 bits per heavy atom. The lowest BCUT2D eigenvalue weighted by Crippen LogP contribution is -2.48. The summed E-state index contributed by atoms with van der Waals surface area (Å²) in [5.74, 6) is 1.60. The topological polar surface area (TPSA) is 131 Å². The number of methoxy groups -OCH3 is 2. The van der Waals surface area contributed by atoms with Gasteiger partial charge in [-0.15, -0.1) is 5.10 Å². The SMILES string of the molecule is COc1ccc(-n2nnc3cnc(Nc4ccc(N5CCN(C(=O)O)CC5)cc4)nc32)cc1OC. The van der Waals surface area contributed by atoms with Crippen LogP contribution in [-0.4, -0.2) is 81.5 Å². The number of hydrogen-bond donors (Lipinski definition) is 2. The average molecular weight is 476 g/mol. The summed E-state index contributed by atoms with van der Waals surface area (Å²) in [6.45, 7) is 2.30. The molecule has 1 saturated heterocycles. The summed E-state index contributed by atoms with van der Waals surface area (Å²) in [5.41, 5.74) is 3.68. The molecule has 0 radical (unpaired) electrons. The molecule has 0 aliphatic carbocycles. The molecule has 0 saturated carbocycles. The van der Waals surface area contributed by atoms with Gasteiger partial charge >= 0.3 is 6.09 Å². The van der Waals surface area contributed by atoms with Gasteiger partial charge in [0.25, 0.3) is 0 Å². The molecule has 4 aromatic rings. The van der Waals surface area contributed by atoms with Crippen LogP contribution in [0.15, 0.2) is 48.7 Å². The van der Waals surface area contributed by atoms with Gasteiger partial charge in [0, 0.05) is 43.6 Å². The van der Waals surface area contributed by atoms with Gasteiger partial charge in [-0.3, -0.25) is 0 Å². The number of rotatable bonds is 6. The second-order valence-electron chi connectivity index (χ2n) is 7.87. The van der Waals surface area contributed by atoms with Crippen molar-refractivity contribution in [3.63, 3.8) is 0 Å². The maximum absolute atomic E-state index is 11.1. The van der Waals surface area contributed by atoms with Crippen molar-refractivity contribution in [2.45, 2.75) is 0 Å². The van der Waals surface area contributed by atoms with Crippen LogP contribution in [0.2, 0.25) is 0 Å². The summed E-state index contributed by atoms with van der Waals surface area (Å²) in [4.78, 5) is 23.7. The van der Waals surface area contributed by atoms with Crippen LogP contribution < -0.4 is 19.7 Å². The Morgan fingerprint density at radius 1 is 0.971 bits per heavy atom. The van der Waals surface area contributed by atoms with Crippen molar-refractivity contribution in [3.8, 4) is 17.2 Å². The predicted octanol–water partition coefficient (Wildman–Crippen LogP) is 2.77. The maximum Gasteiger partial charge on any atom is 0.407 e. The second kappa shape index (κ2) is 9.33. The van der Waals surface area contributed by atoms with Crippen LogP contribution in [0.25, 0.3) is 16.9 Å². The lowest BCUT2D eigenvalue weighted by molar-refractivity contribution is 0.142. The van der Waals surface area contributed by atoms with Crippen LogP contribution in [0.3, 0.4) is 0 Å². The summed E-state index contributed by atoms with van der Waals surface area (Å²) < 4.78 is 12.3. The number of aromatic nitrogens is 5. The quantitative estimate of drug-likeness (QED) is 0.428. The number of carbonyl (C=O) groups is 1. The second-order valence-corrected chi connectivity index (χ2v) is 7.87. The molecule has 2 aromatic heterocycles. The van der Waals surface area contributed by atoms with Gasteiger partial charge < -0.3 is 29.7 Å². The van der Waals surface area contributed by atoms with Gasteiger partial charge in [-0.2, -0.15) is 9.67 Å². The van der Waals surface area contributed by atoms with E-state index in [2.05, 4.69) is 30.5 Å². The highest BCUT2D eigenvalue weighted by Crippen LogP contribution is 2.30. The fourth-order valence-corrected chi connectivity index (χ4v) is 3.96. The van der Waals surface area contributed by atoms with E-state index in [4.69, 9.17) is 14.6 Å². The van der Waals surface area contributed by atoms with Crippen molar-refractivity contribution in [2.24, 2.45) is 0 Å². The Kier molecular flexibility index (Phi) is 5.92. The van der Waals surface area contributed by atoms with Gasteiger partial charge in [0.1, 0.15) is 0 Å². The minimum Gasteiger partial charge on any atom is -0.493 e. The van der Waals surface area contributed by atoms with Crippen LogP contribution in [0, 0.1) is 0 Å². The first-order valence-corrected chi connectivity index (χ1v) is 11.0. The summed E-state index contributed by atoms with van der Waals surface area (Å²) >= 11 is 0. The average Bonchev–Trinajstić information content (AvgIpc) is 3.32. The highest BCUT2D eigenvalue weighted by atomic mass is 16.5. The molecule has 0 atom stereocenters. The standard InChI is InChI=1S/C23H24N8O4/c1-34-19-8-7-17(13-20(19)35-2)31-21-18(27-28-31)14-24-22(26-21)25-15-3-5-16(6-4-15)29-9-11-30(12-10-29)23(32)33/h3-8,13-14H,9-12H2,1-2H3,(H,32,33)(H,24,25,26). The van der Waals surface area contributed by atoms with Crippen molar-refractivity contribution in [2.75, 3.05) is 50.6 Å². The van der Waals surface area contributed by atoms with Crippen molar-refractivity contribution in [1.29, 1.82) is 0 Å². The Labute approximate surface area is 200 Å². The number of amides is 1. The molecule has 2 aromatic carbocycles. The number of nitrogens with zero attached hydrogens (tertiary/aromatic N) is 7. The van der Waals surface area contributed by atoms with E-state index >= 15 is 0 Å². The lowest BCUT2D eigenvalue weighted by Gasteiger charge is -2.34. The van der Waals surface area contributed by atoms with Gasteiger partial charge in [0.2, 0.25) is 5.95 Å². The van der Waals surface area contributed by atoms with Crippen molar-refractivity contribution < 1.29 is 19.4 Å². The zero-order chi connectivity index (χ0) is 24.4. The first-order chi connectivity index (χ1) is 17.1. The predicted molar refractivity (Wildman–Crippen MR) is 129 cm³/mol. The third-order valence-corrected chi connectivity index (χ3v) is 5.84. The fourth-order valence-electron chi connectivity index (χ4n) is 3.96. The van der Waals surface area contributed by atoms with E-state index in [0.717, 1.165) is 17.1 Å². The molecule has 12 nitrogen and oxygen atoms in total. The number of piperazine rings is 1. The van der Waals surface area contributed by atoms with E-state index in [9.17, 15) is 4.79 Å². The van der Waals surface area contributed by atoms with E-state index < -0.39 is 6.09 Å². The minimum absolute atomic E-state index is 0.407. The summed E-state index contributed by atoms with van der Waals surface area (Å²) in [6, 6.07) is 13.3. The largest absolute Gasteiger partial charge is 0.493 e. The highest BCUT2D eigenvalue weighted by Gasteiger charge is 2.20. The van der Waals surface area contributed by atoms with E-state index in [1.165, 1.54) is 4.90 Å². The fraction of sp³-hybridized carbons (Fsp3) is 0.261. The number of nitrogens with one attached hydrogen (secondary N) is 1. The van der Waals surface area contributed by atoms with Gasteiger partial charge in [0.15, 0.2) is 22.7 Å². The van der Waals surface area contributed by atoms with Gasteiger partial charge in [-0.1, -0.05) is 5.21 Å². The van der Waals surface area contributed by atoms with Crippen molar-refractivity contribution >= 4 is 34.6 Å². The van der Waals surface area contributed by atoms with Gasteiger partial charge in [0.05, 0.1) is 26.1 Å². The van der Waals surface area contributed by atoms with Crippen LogP contribution >= 0.6 is 0 Å². The van der Waals surface area contributed by atoms with E-state index in [0.29, 0.717) is 54.8 Å². The number of benzene rings is 2. The van der Waals surface area contributed by atoms with E-state index in [1.54, 1.807) is 37.2 Å². The van der Waals surface area contributed by atoms with Crippen LogP contribution in [0.5, 0.6) is 11.5 Å². The van der Waals surface area contributed by atoms with Crippen LogP contribution in [-0.2, 0) is 0 Å². The Bertz CT molecular complexity index is 1350. The third-order valence-electron chi connectivity index (χ3n) is 5.84. The summed E-state index contributed by atoms with van der Waals surface area (Å²) in [7, 11) is 3.16. The molecular formula is C23H24N8O4. The molecular weight excluding hydrogens is 452 g/mol. The molecule has 0 unspecified atom stereocenters. The highest BCUT2D eigenvalue weighted by molar-refractivity contribution is 5.73. The first-order valence-electron chi connectivity index (χ1n) is 11.0. The van der Waals surface area contributed by atoms with Gasteiger partial charge in [-0.25, -0.2) is 9.78 Å². The molecule has 1 fully saturated rings. The molecule has 0 bridgehead atoms. The molecule has 1 amide bonds. The van der Waals surface area contributed by atoms with E-state index in [1.807, 2.05) is 30.3 Å². The molecule has 0 spiro atoms. The van der Waals surface area contributed by atoms with Crippen LogP contribution in [0.1, 0.15) is 0 Å². The number of fused-ring (bicyclic) bond motifs is 1. The zero-order valence-electron chi connectivity index (χ0n) is 19.2. The van der Waals surface area contributed by atoms with Crippen molar-refractivity contribution in [3.05, 3.63) is 48.7 Å². The molecule has 12 heteroatoms. The number of ether oxygens (including phenoxy) is 2. The zero-order valence-corrected chi connectivity index (χ0v) is 19.2. The Morgan fingerprint density at radius 2 is 1.69 bits per heavy atom. The molecule has 5 rings (SSSR count). The summed E-state index contributed by atoms with van der Waals surface area (Å²) in [5, 5.41) is 20.7. The molecule has 1 aliphatic heterocycles. The Hall–Kier alpha value is -4.61. The molecule has 2 N–H and O–H groups in total. The van der Waals surface area contributed by atoms with Crippen LogP contribution in [0.4, 0.5) is 22.1 Å². The number of hydrogen-bond acceptors (Lipinski definition) is 9. The smallest absolute Gasteiger partial charge is 0.407 e. The lowest BCUT2D eigenvalue weighted by atomic mass is 10.2. The monoisotopic (exact) mass is 476 g/mol. The Balaban J connectivity index is 1.34. The molecule has 1 aliphatic rings. The van der Waals surface area contributed by atoms with E-state index in [-0.39, 0.29) is 0 Å². The number of anilines is 3. The molecule has 35 heavy (non-hydrogen) atoms.